The van der Waals surface area contributed by atoms with Crippen LogP contribution in [-0.2, 0) is 4.79 Å². The van der Waals surface area contributed by atoms with Crippen LogP contribution in [-0.4, -0.2) is 43.1 Å². The summed E-state index contributed by atoms with van der Waals surface area (Å²) in [6.07, 6.45) is 13.1. The molecule has 1 amide bonds. The van der Waals surface area contributed by atoms with Gasteiger partial charge in [-0.3, -0.25) is 14.9 Å². The van der Waals surface area contributed by atoms with Crippen molar-refractivity contribution < 1.29 is 4.79 Å². The number of H-pyrrole nitrogens is 2. The van der Waals surface area contributed by atoms with Crippen LogP contribution in [0.3, 0.4) is 0 Å². The van der Waals surface area contributed by atoms with Crippen LogP contribution in [0.25, 0.3) is 50.3 Å². The lowest BCUT2D eigenvalue weighted by molar-refractivity contribution is -0.117. The van der Waals surface area contributed by atoms with E-state index in [1.54, 1.807) is 18.6 Å². The van der Waals surface area contributed by atoms with E-state index in [9.17, 15) is 4.79 Å². The van der Waals surface area contributed by atoms with Crippen LogP contribution < -0.4 is 10.6 Å². The van der Waals surface area contributed by atoms with Crippen molar-refractivity contribution in [1.82, 2.24) is 35.5 Å². The number of amides is 1. The quantitative estimate of drug-likeness (QED) is 0.237. The molecule has 0 radical (unpaired) electrons. The van der Waals surface area contributed by atoms with E-state index in [0.29, 0.717) is 22.9 Å². The number of benzene rings is 1. The lowest BCUT2D eigenvalue weighted by Gasteiger charge is -2.06. The first-order chi connectivity index (χ1) is 18.1. The molecule has 0 saturated heterocycles. The Balaban J connectivity index is 1.38. The van der Waals surface area contributed by atoms with Crippen molar-refractivity contribution in [1.29, 1.82) is 0 Å². The zero-order chi connectivity index (χ0) is 25.4. The van der Waals surface area contributed by atoms with E-state index >= 15 is 0 Å². The van der Waals surface area contributed by atoms with E-state index in [2.05, 4.69) is 47.9 Å². The number of allylic oxidation sites excluding steroid dienone is 3. The molecule has 1 aliphatic carbocycles. The Morgan fingerprint density at radius 3 is 2.81 bits per heavy atom. The van der Waals surface area contributed by atoms with E-state index in [-0.39, 0.29) is 11.8 Å². The molecule has 0 unspecified atom stereocenters. The largest absolute Gasteiger partial charge is 0.394 e. The van der Waals surface area contributed by atoms with Gasteiger partial charge < -0.3 is 15.6 Å². The number of pyridine rings is 2. The maximum atomic E-state index is 12.2. The van der Waals surface area contributed by atoms with Crippen molar-refractivity contribution in [2.24, 2.45) is 5.92 Å². The lowest BCUT2D eigenvalue weighted by atomic mass is 10.0. The Hall–Kier alpha value is -4.79. The van der Waals surface area contributed by atoms with Gasteiger partial charge in [-0.15, -0.1) is 0 Å². The van der Waals surface area contributed by atoms with Crippen molar-refractivity contribution >= 4 is 39.2 Å². The summed E-state index contributed by atoms with van der Waals surface area (Å²) in [6, 6.07) is 10.0. The summed E-state index contributed by atoms with van der Waals surface area (Å²) in [5, 5.41) is 14.4. The minimum atomic E-state index is 0.0522. The lowest BCUT2D eigenvalue weighted by Crippen LogP contribution is -2.13. The Kier molecular flexibility index (Phi) is 5.72. The number of para-hydroxylation sites is 1. The van der Waals surface area contributed by atoms with Crippen LogP contribution in [0.5, 0.6) is 0 Å². The van der Waals surface area contributed by atoms with E-state index in [4.69, 9.17) is 4.98 Å². The molecular weight excluding hydrogens is 464 g/mol. The van der Waals surface area contributed by atoms with Crippen molar-refractivity contribution in [3.63, 3.8) is 0 Å². The van der Waals surface area contributed by atoms with Gasteiger partial charge in [-0.1, -0.05) is 18.2 Å². The number of carbonyl (C=O) groups excluding carboxylic acids is 1. The Morgan fingerprint density at radius 2 is 2.00 bits per heavy atom. The summed E-state index contributed by atoms with van der Waals surface area (Å²) in [6.45, 7) is 2.01. The molecule has 0 aliphatic heterocycles. The number of fused-ring (bicyclic) bond motifs is 2. The third-order valence-corrected chi connectivity index (χ3v) is 6.49. The Bertz CT molecular complexity index is 1690. The first kappa shape index (κ1) is 22.7. The third-order valence-electron chi connectivity index (χ3n) is 6.49. The smallest absolute Gasteiger partial charge is 0.227 e. The fraction of sp³-hybridized carbons (Fsp3) is 0.179. The average molecular weight is 491 g/mol. The fourth-order valence-corrected chi connectivity index (χ4v) is 4.39. The molecule has 0 bridgehead atoms. The highest BCUT2D eigenvalue weighted by atomic mass is 16.2. The van der Waals surface area contributed by atoms with Gasteiger partial charge in [0, 0.05) is 42.0 Å². The minimum Gasteiger partial charge on any atom is -0.394 e. The molecule has 9 heteroatoms. The van der Waals surface area contributed by atoms with Gasteiger partial charge in [0.05, 0.1) is 28.3 Å². The summed E-state index contributed by atoms with van der Waals surface area (Å²) in [7, 11) is 1.87. The number of imidazole rings is 1. The Labute approximate surface area is 213 Å². The summed E-state index contributed by atoms with van der Waals surface area (Å²) < 4.78 is 0. The van der Waals surface area contributed by atoms with Crippen molar-refractivity contribution in [2.45, 2.75) is 19.8 Å². The second kappa shape index (κ2) is 9.34. The molecule has 0 atom stereocenters. The number of anilines is 1. The highest BCUT2D eigenvalue weighted by Gasteiger charge is 2.29. The van der Waals surface area contributed by atoms with Gasteiger partial charge in [0.25, 0.3) is 0 Å². The first-order valence-corrected chi connectivity index (χ1v) is 12.2. The molecule has 1 aliphatic rings. The van der Waals surface area contributed by atoms with Crippen LogP contribution in [0.2, 0.25) is 0 Å². The SMILES string of the molecule is C/C=C(\C=C/NC)c1cccc2[nH]c(-c3n[nH]c4ncc(-c5cncc(NC(=O)C6CC6)c5)cc34)nc12. The van der Waals surface area contributed by atoms with Crippen molar-refractivity contribution in [3.05, 3.63) is 72.8 Å². The van der Waals surface area contributed by atoms with Gasteiger partial charge in [0.15, 0.2) is 11.5 Å². The fourth-order valence-electron chi connectivity index (χ4n) is 4.39. The zero-order valence-corrected chi connectivity index (χ0v) is 20.5. The summed E-state index contributed by atoms with van der Waals surface area (Å²) in [5.74, 6) is 0.836. The van der Waals surface area contributed by atoms with E-state index in [1.165, 1.54) is 0 Å². The van der Waals surface area contributed by atoms with Crippen LogP contribution >= 0.6 is 0 Å². The molecular formula is C28H26N8O. The molecule has 5 aromatic rings. The first-order valence-electron chi connectivity index (χ1n) is 12.2. The van der Waals surface area contributed by atoms with Gasteiger partial charge in [-0.25, -0.2) is 9.97 Å². The molecule has 1 aromatic carbocycles. The van der Waals surface area contributed by atoms with Crippen LogP contribution in [0.15, 0.2) is 67.3 Å². The summed E-state index contributed by atoms with van der Waals surface area (Å²) in [4.78, 5) is 29.5. The van der Waals surface area contributed by atoms with Gasteiger partial charge in [0.2, 0.25) is 5.91 Å². The number of rotatable bonds is 7. The maximum Gasteiger partial charge on any atom is 0.227 e. The number of aromatic amines is 2. The third kappa shape index (κ3) is 4.35. The zero-order valence-electron chi connectivity index (χ0n) is 20.5. The van der Waals surface area contributed by atoms with Crippen LogP contribution in [0.4, 0.5) is 5.69 Å². The molecule has 1 saturated carbocycles. The van der Waals surface area contributed by atoms with Gasteiger partial charge in [-0.2, -0.15) is 5.10 Å². The van der Waals surface area contributed by atoms with Crippen LogP contribution in [0.1, 0.15) is 25.3 Å². The maximum absolute atomic E-state index is 12.2. The predicted octanol–water partition coefficient (Wildman–Crippen LogP) is 5.05. The topological polar surface area (TPSA) is 124 Å². The molecule has 184 valence electrons. The molecule has 9 nitrogen and oxygen atoms in total. The molecule has 0 spiro atoms. The van der Waals surface area contributed by atoms with Gasteiger partial charge in [-0.05, 0) is 55.8 Å². The second-order valence-corrected chi connectivity index (χ2v) is 9.07. The number of aromatic nitrogens is 6. The van der Waals surface area contributed by atoms with Crippen LogP contribution in [0, 0.1) is 5.92 Å². The molecule has 4 N–H and O–H groups in total. The number of carbonyl (C=O) groups is 1. The number of nitrogens with one attached hydrogen (secondary N) is 4. The summed E-state index contributed by atoms with van der Waals surface area (Å²) in [5.41, 5.74) is 7.65. The minimum absolute atomic E-state index is 0.0522. The number of hydrogen-bond donors (Lipinski definition) is 4. The monoisotopic (exact) mass is 490 g/mol. The summed E-state index contributed by atoms with van der Waals surface area (Å²) >= 11 is 0. The highest BCUT2D eigenvalue weighted by molar-refractivity contribution is 5.97. The number of nitrogens with zero attached hydrogens (tertiary/aromatic N) is 4. The molecule has 37 heavy (non-hydrogen) atoms. The van der Waals surface area contributed by atoms with E-state index < -0.39 is 0 Å². The molecule has 4 heterocycles. The van der Waals surface area contributed by atoms with E-state index in [0.717, 1.165) is 51.5 Å². The highest BCUT2D eigenvalue weighted by Crippen LogP contribution is 2.33. The molecule has 1 fully saturated rings. The predicted molar refractivity (Wildman–Crippen MR) is 145 cm³/mol. The van der Waals surface area contributed by atoms with Crippen molar-refractivity contribution in [2.75, 3.05) is 12.4 Å². The molecule has 4 aromatic heterocycles. The Morgan fingerprint density at radius 1 is 1.14 bits per heavy atom. The number of hydrogen-bond acceptors (Lipinski definition) is 6. The average Bonchev–Trinajstić information content (AvgIpc) is 3.55. The second-order valence-electron chi connectivity index (χ2n) is 9.07. The molecule has 6 rings (SSSR count). The normalized spacial score (nSPS) is 14.1. The van der Waals surface area contributed by atoms with Crippen molar-refractivity contribution in [3.8, 4) is 22.6 Å². The van der Waals surface area contributed by atoms with E-state index in [1.807, 2.05) is 50.5 Å². The standard InChI is InChI=1S/C28H26N8O/c1-3-16(9-10-29-2)21-5-4-6-23-24(21)34-27(33-23)25-22-12-19(14-31-26(22)36-35-25)18-11-20(15-30-13-18)32-28(37)17-7-8-17/h3-6,9-15,17,29H,7-8H2,1-2H3,(H,32,37)(H,33,34)(H,31,35,36)/b10-9-,16-3+. The van der Waals surface area contributed by atoms with Gasteiger partial charge in [0.1, 0.15) is 5.69 Å². The van der Waals surface area contributed by atoms with Gasteiger partial charge >= 0.3 is 0 Å².